The minimum Gasteiger partial charge on any atom is -0.347 e. The van der Waals surface area contributed by atoms with Crippen LogP contribution in [0, 0.1) is 5.92 Å². The zero-order chi connectivity index (χ0) is 15.9. The highest BCUT2D eigenvalue weighted by molar-refractivity contribution is 7.10. The summed E-state index contributed by atoms with van der Waals surface area (Å²) in [6, 6.07) is 12.8. The highest BCUT2D eigenvalue weighted by Crippen LogP contribution is 2.25. The molecule has 0 radical (unpaired) electrons. The molecule has 0 aliphatic heterocycles. The van der Waals surface area contributed by atoms with Gasteiger partial charge >= 0.3 is 0 Å². The Bertz CT molecular complexity index is 609. The Balaban J connectivity index is 1.88. The molecule has 1 heterocycles. The van der Waals surface area contributed by atoms with Crippen molar-refractivity contribution in [1.29, 1.82) is 0 Å². The Morgan fingerprint density at radius 2 is 1.82 bits per heavy atom. The standard InChI is InChI=1S/C17H20N2O2S/c1-12(2)16(14-9-6-10-22-14)19-15(20)11-18-17(21)13-7-4-3-5-8-13/h3-10,12,16H,11H2,1-2H3,(H,18,21)(H,19,20)/t16-/m0/s1. The molecule has 0 aliphatic carbocycles. The van der Waals surface area contributed by atoms with Crippen molar-refractivity contribution in [2.24, 2.45) is 5.92 Å². The molecule has 0 aliphatic rings. The molecule has 0 saturated carbocycles. The van der Waals surface area contributed by atoms with Gasteiger partial charge in [0.05, 0.1) is 12.6 Å². The SMILES string of the molecule is CC(C)[C@H](NC(=O)CNC(=O)c1ccccc1)c1cccs1. The summed E-state index contributed by atoms with van der Waals surface area (Å²) in [6.07, 6.45) is 0. The van der Waals surface area contributed by atoms with Gasteiger partial charge in [-0.1, -0.05) is 38.1 Å². The molecule has 0 unspecified atom stereocenters. The largest absolute Gasteiger partial charge is 0.347 e. The smallest absolute Gasteiger partial charge is 0.251 e. The second-order valence-electron chi connectivity index (χ2n) is 5.35. The second-order valence-corrected chi connectivity index (χ2v) is 6.33. The Kier molecular flexibility index (Phi) is 5.72. The van der Waals surface area contributed by atoms with Gasteiger partial charge in [-0.3, -0.25) is 9.59 Å². The van der Waals surface area contributed by atoms with Crippen molar-refractivity contribution < 1.29 is 9.59 Å². The summed E-state index contributed by atoms with van der Waals surface area (Å²) < 4.78 is 0. The number of carbonyl (C=O) groups is 2. The summed E-state index contributed by atoms with van der Waals surface area (Å²) in [4.78, 5) is 25.1. The van der Waals surface area contributed by atoms with Crippen LogP contribution in [0.5, 0.6) is 0 Å². The first-order valence-electron chi connectivity index (χ1n) is 7.24. The molecule has 2 rings (SSSR count). The van der Waals surface area contributed by atoms with E-state index in [1.807, 2.05) is 23.6 Å². The lowest BCUT2D eigenvalue weighted by Gasteiger charge is -2.21. The van der Waals surface area contributed by atoms with Crippen LogP contribution in [0.2, 0.25) is 0 Å². The van der Waals surface area contributed by atoms with Crippen molar-refractivity contribution >= 4 is 23.2 Å². The van der Waals surface area contributed by atoms with Crippen LogP contribution in [0.4, 0.5) is 0 Å². The van der Waals surface area contributed by atoms with Gasteiger partial charge in [0.25, 0.3) is 5.91 Å². The van der Waals surface area contributed by atoms with E-state index in [0.717, 1.165) is 4.88 Å². The fraction of sp³-hybridized carbons (Fsp3) is 0.294. The van der Waals surface area contributed by atoms with E-state index in [-0.39, 0.29) is 30.3 Å². The molecule has 0 saturated heterocycles. The van der Waals surface area contributed by atoms with Crippen LogP contribution in [0.15, 0.2) is 47.8 Å². The molecule has 2 amide bonds. The zero-order valence-electron chi connectivity index (χ0n) is 12.7. The summed E-state index contributed by atoms with van der Waals surface area (Å²) in [5.41, 5.74) is 0.550. The van der Waals surface area contributed by atoms with Gasteiger partial charge in [0.15, 0.2) is 0 Å². The first-order chi connectivity index (χ1) is 10.6. The van der Waals surface area contributed by atoms with E-state index >= 15 is 0 Å². The van der Waals surface area contributed by atoms with Crippen LogP contribution in [0.1, 0.15) is 35.1 Å². The van der Waals surface area contributed by atoms with Crippen LogP contribution in [-0.2, 0) is 4.79 Å². The Morgan fingerprint density at radius 3 is 2.41 bits per heavy atom. The summed E-state index contributed by atoms with van der Waals surface area (Å²) in [5, 5.41) is 7.62. The van der Waals surface area contributed by atoms with Gasteiger partial charge in [-0.05, 0) is 29.5 Å². The molecule has 0 spiro atoms. The van der Waals surface area contributed by atoms with Crippen molar-refractivity contribution in [1.82, 2.24) is 10.6 Å². The Hall–Kier alpha value is -2.14. The predicted octanol–water partition coefficient (Wildman–Crippen LogP) is 2.99. The number of hydrogen-bond acceptors (Lipinski definition) is 3. The van der Waals surface area contributed by atoms with Crippen LogP contribution in [0.25, 0.3) is 0 Å². The molecule has 2 aromatic rings. The maximum Gasteiger partial charge on any atom is 0.251 e. The molecule has 1 aromatic heterocycles. The number of thiophene rings is 1. The van der Waals surface area contributed by atoms with Crippen molar-refractivity contribution in [2.75, 3.05) is 6.54 Å². The third kappa shape index (κ3) is 4.43. The van der Waals surface area contributed by atoms with E-state index in [9.17, 15) is 9.59 Å². The van der Waals surface area contributed by atoms with Gasteiger partial charge in [-0.15, -0.1) is 11.3 Å². The van der Waals surface area contributed by atoms with Gasteiger partial charge in [-0.25, -0.2) is 0 Å². The summed E-state index contributed by atoms with van der Waals surface area (Å²) >= 11 is 1.62. The maximum atomic E-state index is 12.1. The number of rotatable bonds is 6. The van der Waals surface area contributed by atoms with E-state index in [4.69, 9.17) is 0 Å². The second kappa shape index (κ2) is 7.75. The van der Waals surface area contributed by atoms with Crippen molar-refractivity contribution in [2.45, 2.75) is 19.9 Å². The third-order valence-corrected chi connectivity index (χ3v) is 4.23. The molecule has 0 bridgehead atoms. The average molecular weight is 316 g/mol. The zero-order valence-corrected chi connectivity index (χ0v) is 13.5. The van der Waals surface area contributed by atoms with E-state index in [1.54, 1.807) is 35.6 Å². The molecule has 2 N–H and O–H groups in total. The first kappa shape index (κ1) is 16.2. The normalized spacial score (nSPS) is 12.0. The Morgan fingerprint density at radius 1 is 1.09 bits per heavy atom. The molecular formula is C17H20N2O2S. The van der Waals surface area contributed by atoms with Crippen LogP contribution < -0.4 is 10.6 Å². The van der Waals surface area contributed by atoms with Gasteiger partial charge in [0.1, 0.15) is 0 Å². The third-order valence-electron chi connectivity index (χ3n) is 3.28. The van der Waals surface area contributed by atoms with Crippen molar-refractivity contribution in [3.8, 4) is 0 Å². The summed E-state index contributed by atoms with van der Waals surface area (Å²) in [6.45, 7) is 4.10. The van der Waals surface area contributed by atoms with Gasteiger partial charge in [0, 0.05) is 10.4 Å². The minimum absolute atomic E-state index is 0.0255. The van der Waals surface area contributed by atoms with Gasteiger partial charge < -0.3 is 10.6 Å². The monoisotopic (exact) mass is 316 g/mol. The number of amides is 2. The van der Waals surface area contributed by atoms with E-state index in [1.165, 1.54) is 0 Å². The molecule has 22 heavy (non-hydrogen) atoms. The number of carbonyl (C=O) groups excluding carboxylic acids is 2. The molecule has 0 fully saturated rings. The quantitative estimate of drug-likeness (QED) is 0.861. The topological polar surface area (TPSA) is 58.2 Å². The molecule has 116 valence electrons. The molecule has 4 nitrogen and oxygen atoms in total. The van der Waals surface area contributed by atoms with Crippen molar-refractivity contribution in [3.05, 3.63) is 58.3 Å². The van der Waals surface area contributed by atoms with Crippen LogP contribution >= 0.6 is 11.3 Å². The lowest BCUT2D eigenvalue weighted by atomic mass is 10.0. The van der Waals surface area contributed by atoms with Gasteiger partial charge in [-0.2, -0.15) is 0 Å². The lowest BCUT2D eigenvalue weighted by molar-refractivity contribution is -0.121. The Labute approximate surface area is 134 Å². The van der Waals surface area contributed by atoms with Gasteiger partial charge in [0.2, 0.25) is 5.91 Å². The van der Waals surface area contributed by atoms with E-state index < -0.39 is 0 Å². The maximum absolute atomic E-state index is 12.1. The lowest BCUT2D eigenvalue weighted by Crippen LogP contribution is -2.39. The molecule has 5 heteroatoms. The highest BCUT2D eigenvalue weighted by Gasteiger charge is 2.19. The molecule has 1 atom stereocenters. The summed E-state index contributed by atoms with van der Waals surface area (Å²) in [5.74, 6) is -0.142. The number of nitrogens with one attached hydrogen (secondary N) is 2. The fourth-order valence-electron chi connectivity index (χ4n) is 2.11. The van der Waals surface area contributed by atoms with Crippen LogP contribution in [0.3, 0.4) is 0 Å². The first-order valence-corrected chi connectivity index (χ1v) is 8.12. The van der Waals surface area contributed by atoms with Crippen molar-refractivity contribution in [3.63, 3.8) is 0 Å². The number of benzene rings is 1. The fourth-order valence-corrected chi connectivity index (χ4v) is 3.06. The van der Waals surface area contributed by atoms with Crippen LogP contribution in [-0.4, -0.2) is 18.4 Å². The number of hydrogen-bond donors (Lipinski definition) is 2. The predicted molar refractivity (Wildman–Crippen MR) is 88.8 cm³/mol. The minimum atomic E-state index is -0.243. The molecule has 1 aromatic carbocycles. The highest BCUT2D eigenvalue weighted by atomic mass is 32.1. The van der Waals surface area contributed by atoms with E-state index in [2.05, 4.69) is 24.5 Å². The average Bonchev–Trinajstić information content (AvgIpc) is 3.04. The van der Waals surface area contributed by atoms with E-state index in [0.29, 0.717) is 5.56 Å². The molecular weight excluding hydrogens is 296 g/mol. The summed E-state index contributed by atoms with van der Waals surface area (Å²) in [7, 11) is 0.